The first kappa shape index (κ1) is 9.01. The highest BCUT2D eigenvalue weighted by molar-refractivity contribution is 4.83. The fraction of sp³-hybridized carbons (Fsp3) is 1.00. The predicted molar refractivity (Wildman–Crippen MR) is 46.4 cm³/mol. The molecule has 0 amide bonds. The lowest BCUT2D eigenvalue weighted by atomic mass is 10.1. The molecule has 0 aromatic carbocycles. The molecule has 2 nitrogen and oxygen atoms in total. The summed E-state index contributed by atoms with van der Waals surface area (Å²) >= 11 is 0. The van der Waals surface area contributed by atoms with Crippen molar-refractivity contribution in [2.45, 2.75) is 44.8 Å². The highest BCUT2D eigenvalue weighted by Gasteiger charge is 2.28. The zero-order chi connectivity index (χ0) is 8.27. The molecule has 1 saturated carbocycles. The van der Waals surface area contributed by atoms with E-state index >= 15 is 0 Å². The molecule has 1 aliphatic carbocycles. The molecule has 0 heterocycles. The Bertz CT molecular complexity index is 112. The highest BCUT2D eigenvalue weighted by Crippen LogP contribution is 2.33. The first-order chi connectivity index (χ1) is 5.24. The monoisotopic (exact) mass is 157 g/mol. The Morgan fingerprint density at radius 3 is 2.55 bits per heavy atom. The van der Waals surface area contributed by atoms with Gasteiger partial charge in [-0.2, -0.15) is 0 Å². The maximum atomic E-state index is 5.93. The van der Waals surface area contributed by atoms with Gasteiger partial charge in [0.2, 0.25) is 0 Å². The Morgan fingerprint density at radius 1 is 1.45 bits per heavy atom. The third-order valence-electron chi connectivity index (χ3n) is 2.54. The molecule has 0 aliphatic heterocycles. The molecule has 2 heteroatoms. The third kappa shape index (κ3) is 3.21. The number of rotatable bonds is 5. The molecule has 66 valence electrons. The van der Waals surface area contributed by atoms with Gasteiger partial charge in [-0.15, -0.1) is 0 Å². The van der Waals surface area contributed by atoms with E-state index in [1.807, 2.05) is 0 Å². The Morgan fingerprint density at radius 2 is 2.09 bits per heavy atom. The van der Waals surface area contributed by atoms with E-state index in [1.54, 1.807) is 7.11 Å². The minimum absolute atomic E-state index is 0.375. The first-order valence-electron chi connectivity index (χ1n) is 4.52. The van der Waals surface area contributed by atoms with Crippen LogP contribution in [0.3, 0.4) is 0 Å². The van der Waals surface area contributed by atoms with Crippen molar-refractivity contribution < 1.29 is 4.74 Å². The number of hydrogen-bond acceptors (Lipinski definition) is 2. The summed E-state index contributed by atoms with van der Waals surface area (Å²) in [7, 11) is 1.76. The Kier molecular flexibility index (Phi) is 3.34. The van der Waals surface area contributed by atoms with Crippen molar-refractivity contribution in [3.8, 4) is 0 Å². The summed E-state index contributed by atoms with van der Waals surface area (Å²) in [6, 6.07) is 0.438. The predicted octanol–water partition coefficient (Wildman–Crippen LogP) is 1.54. The minimum atomic E-state index is 0.375. The molecular formula is C9H19NO. The number of nitrogens with two attached hydrogens (primary N) is 1. The van der Waals surface area contributed by atoms with Gasteiger partial charge in [0.25, 0.3) is 0 Å². The van der Waals surface area contributed by atoms with Crippen LogP contribution in [0.2, 0.25) is 0 Å². The molecule has 2 N–H and O–H groups in total. The van der Waals surface area contributed by atoms with Crippen molar-refractivity contribution in [1.29, 1.82) is 0 Å². The number of hydrogen-bond donors (Lipinski definition) is 1. The van der Waals surface area contributed by atoms with Crippen LogP contribution in [0.25, 0.3) is 0 Å². The van der Waals surface area contributed by atoms with Crippen LogP contribution in [0.4, 0.5) is 0 Å². The maximum absolute atomic E-state index is 5.93. The molecule has 1 aliphatic rings. The van der Waals surface area contributed by atoms with Crippen LogP contribution in [0.15, 0.2) is 0 Å². The lowest BCUT2D eigenvalue weighted by Crippen LogP contribution is -2.24. The lowest BCUT2D eigenvalue weighted by molar-refractivity contribution is 0.106. The van der Waals surface area contributed by atoms with Crippen LogP contribution in [0.1, 0.15) is 32.6 Å². The van der Waals surface area contributed by atoms with Gasteiger partial charge in [0.1, 0.15) is 0 Å². The Hall–Kier alpha value is -0.0800. The molecule has 2 atom stereocenters. The van der Waals surface area contributed by atoms with Crippen LogP contribution >= 0.6 is 0 Å². The molecule has 0 saturated heterocycles. The third-order valence-corrected chi connectivity index (χ3v) is 2.54. The van der Waals surface area contributed by atoms with Gasteiger partial charge in [-0.3, -0.25) is 0 Å². The van der Waals surface area contributed by atoms with E-state index in [0.29, 0.717) is 12.1 Å². The molecule has 0 aromatic rings. The highest BCUT2D eigenvalue weighted by atomic mass is 16.5. The van der Waals surface area contributed by atoms with Gasteiger partial charge in [0, 0.05) is 13.2 Å². The molecule has 0 bridgehead atoms. The van der Waals surface area contributed by atoms with E-state index in [4.69, 9.17) is 10.5 Å². The molecule has 1 rings (SSSR count). The Labute approximate surface area is 69.1 Å². The van der Waals surface area contributed by atoms with E-state index in [2.05, 4.69) is 6.92 Å². The van der Waals surface area contributed by atoms with Gasteiger partial charge in [-0.25, -0.2) is 0 Å². The first-order valence-corrected chi connectivity index (χ1v) is 4.52. The Balaban J connectivity index is 2.00. The average Bonchev–Trinajstić information content (AvgIpc) is 2.81. The molecule has 0 spiro atoms. The smallest absolute Gasteiger partial charge is 0.0543 e. The normalized spacial score (nSPS) is 23.2. The lowest BCUT2D eigenvalue weighted by Gasteiger charge is -2.13. The van der Waals surface area contributed by atoms with E-state index in [1.165, 1.54) is 12.8 Å². The molecule has 2 unspecified atom stereocenters. The van der Waals surface area contributed by atoms with E-state index in [0.717, 1.165) is 18.8 Å². The van der Waals surface area contributed by atoms with Crippen LogP contribution in [-0.2, 0) is 4.74 Å². The van der Waals surface area contributed by atoms with Gasteiger partial charge >= 0.3 is 0 Å². The summed E-state index contributed by atoms with van der Waals surface area (Å²) in [5, 5.41) is 0. The van der Waals surface area contributed by atoms with Gasteiger partial charge in [-0.1, -0.05) is 0 Å². The fourth-order valence-electron chi connectivity index (χ4n) is 1.31. The summed E-state index contributed by atoms with van der Waals surface area (Å²) < 4.78 is 5.15. The van der Waals surface area contributed by atoms with E-state index in [-0.39, 0.29) is 0 Å². The summed E-state index contributed by atoms with van der Waals surface area (Å²) in [5.41, 5.74) is 5.93. The number of ether oxygens (including phenoxy) is 1. The molecule has 11 heavy (non-hydrogen) atoms. The number of methoxy groups -OCH3 is 1. The summed E-state index contributed by atoms with van der Waals surface area (Å²) in [4.78, 5) is 0. The zero-order valence-corrected chi connectivity index (χ0v) is 7.55. The van der Waals surface area contributed by atoms with Crippen molar-refractivity contribution >= 4 is 0 Å². The standard InChI is InChI=1S/C9H19NO/c1-7(11-2)3-6-9(10)8-4-5-8/h7-9H,3-6,10H2,1-2H3. The van der Waals surface area contributed by atoms with Crippen LogP contribution < -0.4 is 5.73 Å². The molecule has 0 radical (unpaired) electrons. The van der Waals surface area contributed by atoms with Crippen LogP contribution in [0, 0.1) is 5.92 Å². The van der Waals surface area contributed by atoms with E-state index < -0.39 is 0 Å². The second-order valence-corrected chi connectivity index (χ2v) is 3.62. The van der Waals surface area contributed by atoms with Crippen molar-refractivity contribution in [3.05, 3.63) is 0 Å². The fourth-order valence-corrected chi connectivity index (χ4v) is 1.31. The SMILES string of the molecule is COC(C)CCC(N)C1CC1. The maximum Gasteiger partial charge on any atom is 0.0543 e. The molecule has 0 aromatic heterocycles. The van der Waals surface area contributed by atoms with Gasteiger partial charge < -0.3 is 10.5 Å². The molecule has 1 fully saturated rings. The van der Waals surface area contributed by atoms with Crippen molar-refractivity contribution in [1.82, 2.24) is 0 Å². The largest absolute Gasteiger partial charge is 0.382 e. The molecular weight excluding hydrogens is 138 g/mol. The van der Waals surface area contributed by atoms with Gasteiger partial charge in [0.05, 0.1) is 6.10 Å². The summed E-state index contributed by atoms with van der Waals surface area (Å²) in [6.07, 6.45) is 5.30. The van der Waals surface area contributed by atoms with Crippen molar-refractivity contribution in [2.75, 3.05) is 7.11 Å². The quantitative estimate of drug-likeness (QED) is 0.657. The van der Waals surface area contributed by atoms with Crippen LogP contribution in [-0.4, -0.2) is 19.3 Å². The van der Waals surface area contributed by atoms with E-state index in [9.17, 15) is 0 Å². The van der Waals surface area contributed by atoms with Crippen molar-refractivity contribution in [2.24, 2.45) is 11.7 Å². The second kappa shape index (κ2) is 4.07. The van der Waals surface area contributed by atoms with Gasteiger partial charge in [0.15, 0.2) is 0 Å². The topological polar surface area (TPSA) is 35.2 Å². The zero-order valence-electron chi connectivity index (χ0n) is 7.55. The van der Waals surface area contributed by atoms with Crippen molar-refractivity contribution in [3.63, 3.8) is 0 Å². The average molecular weight is 157 g/mol. The second-order valence-electron chi connectivity index (χ2n) is 3.62. The summed E-state index contributed by atoms with van der Waals surface area (Å²) in [5.74, 6) is 0.832. The summed E-state index contributed by atoms with van der Waals surface area (Å²) in [6.45, 7) is 2.10. The minimum Gasteiger partial charge on any atom is -0.382 e. The van der Waals surface area contributed by atoms with Gasteiger partial charge in [-0.05, 0) is 38.5 Å². The van der Waals surface area contributed by atoms with Crippen LogP contribution in [0.5, 0.6) is 0 Å².